The zero-order chi connectivity index (χ0) is 18.1. The van der Waals surface area contributed by atoms with Crippen molar-refractivity contribution >= 4 is 21.6 Å². The van der Waals surface area contributed by atoms with E-state index < -0.39 is 10.0 Å². The van der Waals surface area contributed by atoms with Gasteiger partial charge in [0.15, 0.2) is 0 Å². The first-order valence-corrected chi connectivity index (χ1v) is 11.4. The molecule has 2 saturated carbocycles. The van der Waals surface area contributed by atoms with E-state index in [4.69, 9.17) is 0 Å². The van der Waals surface area contributed by atoms with E-state index in [-0.39, 0.29) is 16.7 Å². The fraction of sp³-hybridized carbons (Fsp3) is 0.650. The van der Waals surface area contributed by atoms with E-state index in [2.05, 4.69) is 5.32 Å². The molecule has 2 bridgehead atoms. The summed E-state index contributed by atoms with van der Waals surface area (Å²) in [6, 6.07) is 6.76. The van der Waals surface area contributed by atoms with Gasteiger partial charge in [0.05, 0.1) is 4.90 Å². The van der Waals surface area contributed by atoms with Crippen LogP contribution in [0.25, 0.3) is 0 Å². The summed E-state index contributed by atoms with van der Waals surface area (Å²) in [5, 5.41) is 2.97. The van der Waals surface area contributed by atoms with Gasteiger partial charge in [0, 0.05) is 24.7 Å². The van der Waals surface area contributed by atoms with Gasteiger partial charge in [-0.15, -0.1) is 0 Å². The third-order valence-electron chi connectivity index (χ3n) is 6.38. The van der Waals surface area contributed by atoms with Crippen molar-refractivity contribution in [2.75, 3.05) is 18.4 Å². The molecule has 6 heteroatoms. The summed E-state index contributed by atoms with van der Waals surface area (Å²) in [7, 11) is -3.49. The Labute approximate surface area is 156 Å². The molecule has 3 unspecified atom stereocenters. The maximum atomic E-state index is 13.0. The average Bonchev–Trinajstić information content (AvgIpc) is 3.16. The number of sulfonamides is 1. The van der Waals surface area contributed by atoms with Crippen LogP contribution >= 0.6 is 0 Å². The molecule has 5 nitrogen and oxygen atoms in total. The molecule has 1 N–H and O–H groups in total. The van der Waals surface area contributed by atoms with Gasteiger partial charge in [-0.3, -0.25) is 4.79 Å². The van der Waals surface area contributed by atoms with Gasteiger partial charge < -0.3 is 5.32 Å². The lowest BCUT2D eigenvalue weighted by Gasteiger charge is -2.22. The van der Waals surface area contributed by atoms with E-state index in [1.807, 2.05) is 0 Å². The van der Waals surface area contributed by atoms with Crippen LogP contribution in [0.5, 0.6) is 0 Å². The molecule has 26 heavy (non-hydrogen) atoms. The molecular formula is C20H28N2O3S. The number of hydrogen-bond donors (Lipinski definition) is 1. The summed E-state index contributed by atoms with van der Waals surface area (Å²) in [6.45, 7) is 1.17. The molecule has 0 aromatic heterocycles. The number of benzene rings is 1. The summed E-state index contributed by atoms with van der Waals surface area (Å²) in [6.07, 6.45) is 8.60. The van der Waals surface area contributed by atoms with E-state index in [9.17, 15) is 13.2 Å². The minimum Gasteiger partial charge on any atom is -0.326 e. The van der Waals surface area contributed by atoms with E-state index in [1.165, 1.54) is 12.8 Å². The largest absolute Gasteiger partial charge is 0.326 e. The SMILES string of the molecule is O=C(Nc1cccc(S(=O)(=O)N2CCCCCC2)c1)C1CC2CCC1C2. The van der Waals surface area contributed by atoms with Gasteiger partial charge in [0.25, 0.3) is 0 Å². The number of carbonyl (C=O) groups excluding carboxylic acids is 1. The summed E-state index contributed by atoms with van der Waals surface area (Å²) in [4.78, 5) is 12.9. The smallest absolute Gasteiger partial charge is 0.243 e. The standard InChI is InChI=1S/C20H28N2O3S/c23-20(19-13-15-8-9-16(19)12-15)21-17-6-5-7-18(14-17)26(24,25)22-10-3-1-2-4-11-22/h5-7,14-16,19H,1-4,8-13H2,(H,21,23). The number of rotatable bonds is 4. The maximum absolute atomic E-state index is 13.0. The first kappa shape index (κ1) is 18.0. The second-order valence-electron chi connectivity index (χ2n) is 8.12. The number of hydrogen-bond acceptors (Lipinski definition) is 3. The highest BCUT2D eigenvalue weighted by molar-refractivity contribution is 7.89. The summed E-state index contributed by atoms with van der Waals surface area (Å²) in [5.74, 6) is 1.38. The molecule has 1 amide bonds. The van der Waals surface area contributed by atoms with Crippen LogP contribution in [0.1, 0.15) is 51.4 Å². The first-order valence-electron chi connectivity index (χ1n) is 9.95. The molecule has 1 saturated heterocycles. The molecular weight excluding hydrogens is 348 g/mol. The van der Waals surface area contributed by atoms with Crippen LogP contribution < -0.4 is 5.32 Å². The molecule has 1 aromatic rings. The quantitative estimate of drug-likeness (QED) is 0.873. The molecule has 1 aromatic carbocycles. The molecule has 3 aliphatic rings. The van der Waals surface area contributed by atoms with Crippen molar-refractivity contribution in [3.63, 3.8) is 0 Å². The Hall–Kier alpha value is -1.40. The van der Waals surface area contributed by atoms with Gasteiger partial charge in [-0.05, 0) is 62.1 Å². The lowest BCUT2D eigenvalue weighted by molar-refractivity contribution is -0.121. The zero-order valence-corrected chi connectivity index (χ0v) is 16.0. The lowest BCUT2D eigenvalue weighted by atomic mass is 9.88. The van der Waals surface area contributed by atoms with Crippen LogP contribution in [0.2, 0.25) is 0 Å². The molecule has 1 aliphatic heterocycles. The molecule has 3 fully saturated rings. The number of fused-ring (bicyclic) bond motifs is 2. The lowest BCUT2D eigenvalue weighted by Crippen LogP contribution is -2.32. The Morgan fingerprint density at radius 3 is 2.46 bits per heavy atom. The predicted molar refractivity (Wildman–Crippen MR) is 101 cm³/mol. The first-order chi connectivity index (χ1) is 12.5. The van der Waals surface area contributed by atoms with Gasteiger partial charge >= 0.3 is 0 Å². The molecule has 4 rings (SSSR count). The molecule has 1 heterocycles. The fourth-order valence-electron chi connectivity index (χ4n) is 4.97. The highest BCUT2D eigenvalue weighted by Gasteiger charge is 2.43. The molecule has 2 aliphatic carbocycles. The van der Waals surface area contributed by atoms with Crippen LogP contribution in [-0.4, -0.2) is 31.7 Å². The molecule has 142 valence electrons. The highest BCUT2D eigenvalue weighted by atomic mass is 32.2. The van der Waals surface area contributed by atoms with Crippen molar-refractivity contribution in [3.05, 3.63) is 24.3 Å². The monoisotopic (exact) mass is 376 g/mol. The fourth-order valence-corrected chi connectivity index (χ4v) is 6.53. The van der Waals surface area contributed by atoms with Gasteiger partial charge in [-0.25, -0.2) is 8.42 Å². The summed E-state index contributed by atoms with van der Waals surface area (Å²) < 4.78 is 27.5. The Kier molecular flexibility index (Phi) is 5.06. The van der Waals surface area contributed by atoms with Crippen LogP contribution in [0.3, 0.4) is 0 Å². The van der Waals surface area contributed by atoms with E-state index in [0.717, 1.165) is 38.5 Å². The van der Waals surface area contributed by atoms with Crippen LogP contribution in [0.4, 0.5) is 5.69 Å². The predicted octanol–water partition coefficient (Wildman–Crippen LogP) is 3.63. The Morgan fingerprint density at radius 2 is 1.81 bits per heavy atom. The van der Waals surface area contributed by atoms with Crippen molar-refractivity contribution < 1.29 is 13.2 Å². The normalized spacial score (nSPS) is 29.5. The van der Waals surface area contributed by atoms with Crippen molar-refractivity contribution in [1.29, 1.82) is 0 Å². The van der Waals surface area contributed by atoms with Gasteiger partial charge in [-0.2, -0.15) is 4.31 Å². The van der Waals surface area contributed by atoms with E-state index in [0.29, 0.717) is 30.6 Å². The van der Waals surface area contributed by atoms with Crippen LogP contribution in [0, 0.1) is 17.8 Å². The van der Waals surface area contributed by atoms with Crippen LogP contribution in [-0.2, 0) is 14.8 Å². The van der Waals surface area contributed by atoms with Gasteiger partial charge in [-0.1, -0.05) is 25.3 Å². The summed E-state index contributed by atoms with van der Waals surface area (Å²) >= 11 is 0. The minimum absolute atomic E-state index is 0.0570. The van der Waals surface area contributed by atoms with E-state index >= 15 is 0 Å². The Bertz CT molecular complexity index is 769. The topological polar surface area (TPSA) is 66.5 Å². The molecule has 0 radical (unpaired) electrons. The number of carbonyl (C=O) groups is 1. The number of nitrogens with zero attached hydrogens (tertiary/aromatic N) is 1. The average molecular weight is 377 g/mol. The van der Waals surface area contributed by atoms with Crippen molar-refractivity contribution in [2.45, 2.75) is 56.3 Å². The van der Waals surface area contributed by atoms with Crippen LogP contribution in [0.15, 0.2) is 29.2 Å². The maximum Gasteiger partial charge on any atom is 0.243 e. The molecule has 0 spiro atoms. The zero-order valence-electron chi connectivity index (χ0n) is 15.2. The minimum atomic E-state index is -3.49. The highest BCUT2D eigenvalue weighted by Crippen LogP contribution is 2.48. The Morgan fingerprint density at radius 1 is 1.04 bits per heavy atom. The molecule has 3 atom stereocenters. The van der Waals surface area contributed by atoms with Gasteiger partial charge in [0.1, 0.15) is 0 Å². The van der Waals surface area contributed by atoms with Gasteiger partial charge in [0.2, 0.25) is 15.9 Å². The second-order valence-corrected chi connectivity index (χ2v) is 10.1. The van der Waals surface area contributed by atoms with Crippen molar-refractivity contribution in [3.8, 4) is 0 Å². The number of anilines is 1. The van der Waals surface area contributed by atoms with Crippen molar-refractivity contribution in [1.82, 2.24) is 4.31 Å². The van der Waals surface area contributed by atoms with Crippen molar-refractivity contribution in [2.24, 2.45) is 17.8 Å². The summed E-state index contributed by atoms with van der Waals surface area (Å²) in [5.41, 5.74) is 0.591. The second kappa shape index (κ2) is 7.31. The number of nitrogens with one attached hydrogen (secondary N) is 1. The van der Waals surface area contributed by atoms with E-state index in [1.54, 1.807) is 28.6 Å². The Balaban J connectivity index is 1.48. The third-order valence-corrected chi connectivity index (χ3v) is 8.27. The number of amides is 1. The third kappa shape index (κ3) is 3.54.